The summed E-state index contributed by atoms with van der Waals surface area (Å²) in [6, 6.07) is 12.6. The average Bonchev–Trinajstić information content (AvgIpc) is 3.16. The van der Waals surface area contributed by atoms with Crippen LogP contribution in [0.1, 0.15) is 5.89 Å². The van der Waals surface area contributed by atoms with Gasteiger partial charge in [-0.3, -0.25) is 9.78 Å². The number of carbonyl (C=O) groups is 1. The molecular weight excluding hydrogens is 336 g/mol. The van der Waals surface area contributed by atoms with E-state index >= 15 is 0 Å². The number of nitrogens with one attached hydrogen (secondary N) is 1. The molecule has 2 heterocycles. The number of amides is 1. The van der Waals surface area contributed by atoms with Gasteiger partial charge in [0.2, 0.25) is 5.89 Å². The summed E-state index contributed by atoms with van der Waals surface area (Å²) in [5.74, 6) is 1.62. The van der Waals surface area contributed by atoms with Gasteiger partial charge >= 0.3 is 0 Å². The summed E-state index contributed by atoms with van der Waals surface area (Å²) in [5.41, 5.74) is 0.612. The Morgan fingerprint density at radius 1 is 1.12 bits per heavy atom. The van der Waals surface area contributed by atoms with E-state index in [1.165, 1.54) is 0 Å². The molecule has 0 radical (unpaired) electrons. The van der Waals surface area contributed by atoms with E-state index < -0.39 is 0 Å². The van der Waals surface area contributed by atoms with E-state index in [1.807, 2.05) is 24.3 Å². The summed E-state index contributed by atoms with van der Waals surface area (Å²) in [6.45, 7) is 0.251. The Balaban J connectivity index is 1.43. The van der Waals surface area contributed by atoms with Crippen molar-refractivity contribution < 1.29 is 18.7 Å². The fourth-order valence-corrected chi connectivity index (χ4v) is 2.19. The molecule has 134 valence electrons. The first-order chi connectivity index (χ1) is 12.8. The Hall–Kier alpha value is -3.42. The molecular formula is C18H18N4O4. The second kappa shape index (κ2) is 8.61. The molecule has 0 aliphatic heterocycles. The van der Waals surface area contributed by atoms with Crippen molar-refractivity contribution in [1.29, 1.82) is 0 Å². The lowest BCUT2D eigenvalue weighted by Gasteiger charge is -2.10. The minimum atomic E-state index is -0.250. The summed E-state index contributed by atoms with van der Waals surface area (Å²) >= 11 is 0. The van der Waals surface area contributed by atoms with Crippen LogP contribution in [0.3, 0.4) is 0 Å². The molecule has 1 aromatic carbocycles. The Labute approximate surface area is 150 Å². The number of hydrogen-bond donors (Lipinski definition) is 1. The molecule has 2 aromatic heterocycles. The van der Waals surface area contributed by atoms with E-state index in [2.05, 4.69) is 20.5 Å². The highest BCUT2D eigenvalue weighted by atomic mass is 16.5. The second-order valence-electron chi connectivity index (χ2n) is 5.26. The number of aromatic nitrogens is 3. The Bertz CT molecular complexity index is 851. The van der Waals surface area contributed by atoms with Crippen LogP contribution in [0, 0.1) is 0 Å². The zero-order valence-corrected chi connectivity index (χ0v) is 14.2. The van der Waals surface area contributed by atoms with Gasteiger partial charge in [-0.1, -0.05) is 18.2 Å². The van der Waals surface area contributed by atoms with Crippen LogP contribution < -0.4 is 14.8 Å². The topological polar surface area (TPSA) is 99.4 Å². The number of hydrogen-bond acceptors (Lipinski definition) is 7. The number of para-hydroxylation sites is 2. The number of carbonyl (C=O) groups excluding carboxylic acids is 1. The summed E-state index contributed by atoms with van der Waals surface area (Å²) in [4.78, 5) is 16.0. The number of nitrogens with zero attached hydrogens (tertiary/aromatic N) is 3. The zero-order valence-electron chi connectivity index (χ0n) is 14.2. The molecule has 1 amide bonds. The van der Waals surface area contributed by atoms with Gasteiger partial charge in [0.15, 0.2) is 18.1 Å². The molecule has 8 nitrogen and oxygen atoms in total. The van der Waals surface area contributed by atoms with Crippen molar-refractivity contribution in [3.8, 4) is 23.1 Å². The van der Waals surface area contributed by atoms with Gasteiger partial charge in [0, 0.05) is 19.2 Å². The maximum Gasteiger partial charge on any atom is 0.266 e. The molecule has 0 bridgehead atoms. The molecule has 0 aliphatic carbocycles. The van der Waals surface area contributed by atoms with Gasteiger partial charge in [-0.15, -0.1) is 10.2 Å². The van der Waals surface area contributed by atoms with E-state index in [0.717, 1.165) is 0 Å². The average molecular weight is 354 g/mol. The lowest BCUT2D eigenvalue weighted by molar-refractivity contribution is -0.123. The monoisotopic (exact) mass is 354 g/mol. The van der Waals surface area contributed by atoms with E-state index in [4.69, 9.17) is 13.9 Å². The van der Waals surface area contributed by atoms with Gasteiger partial charge in [0.1, 0.15) is 5.69 Å². The van der Waals surface area contributed by atoms with Crippen molar-refractivity contribution in [2.24, 2.45) is 0 Å². The third-order valence-corrected chi connectivity index (χ3v) is 3.44. The van der Waals surface area contributed by atoms with Gasteiger partial charge in [0.25, 0.3) is 11.8 Å². The van der Waals surface area contributed by atoms with Crippen molar-refractivity contribution in [3.63, 3.8) is 0 Å². The molecule has 3 aromatic rings. The van der Waals surface area contributed by atoms with Gasteiger partial charge in [-0.2, -0.15) is 0 Å². The van der Waals surface area contributed by atoms with E-state index in [0.29, 0.717) is 41.9 Å². The molecule has 1 N–H and O–H groups in total. The first kappa shape index (κ1) is 17.4. The first-order valence-electron chi connectivity index (χ1n) is 8.02. The molecule has 0 fully saturated rings. The number of methoxy groups -OCH3 is 1. The van der Waals surface area contributed by atoms with Crippen molar-refractivity contribution in [1.82, 2.24) is 20.5 Å². The molecule has 0 unspecified atom stereocenters. The largest absolute Gasteiger partial charge is 0.493 e. The Morgan fingerprint density at radius 3 is 2.69 bits per heavy atom. The van der Waals surface area contributed by atoms with Crippen molar-refractivity contribution in [2.45, 2.75) is 6.42 Å². The fraction of sp³-hybridized carbons (Fsp3) is 0.222. The third kappa shape index (κ3) is 4.56. The lowest BCUT2D eigenvalue weighted by Crippen LogP contribution is -2.30. The Morgan fingerprint density at radius 2 is 1.92 bits per heavy atom. The smallest absolute Gasteiger partial charge is 0.266 e. The maximum absolute atomic E-state index is 11.9. The summed E-state index contributed by atoms with van der Waals surface area (Å²) in [5, 5.41) is 10.6. The van der Waals surface area contributed by atoms with Crippen LogP contribution in [0.15, 0.2) is 53.1 Å². The number of rotatable bonds is 8. The van der Waals surface area contributed by atoms with Crippen molar-refractivity contribution in [2.75, 3.05) is 20.3 Å². The molecule has 0 aliphatic rings. The van der Waals surface area contributed by atoms with Gasteiger partial charge in [-0.25, -0.2) is 0 Å². The minimum absolute atomic E-state index is 0.108. The van der Waals surface area contributed by atoms with Gasteiger partial charge in [0.05, 0.1) is 7.11 Å². The molecule has 0 atom stereocenters. The van der Waals surface area contributed by atoms with E-state index in [-0.39, 0.29) is 12.5 Å². The van der Waals surface area contributed by atoms with Crippen molar-refractivity contribution >= 4 is 5.91 Å². The molecule has 0 saturated heterocycles. The normalized spacial score (nSPS) is 10.3. The van der Waals surface area contributed by atoms with Gasteiger partial charge in [-0.05, 0) is 24.3 Å². The SMILES string of the molecule is COc1ccccc1OCC(=O)NCCc1nnc(-c2ccccn2)o1. The predicted molar refractivity (Wildman–Crippen MR) is 92.7 cm³/mol. The summed E-state index contributed by atoms with van der Waals surface area (Å²) < 4.78 is 16.2. The zero-order chi connectivity index (χ0) is 18.2. The van der Waals surface area contributed by atoms with Crippen molar-refractivity contribution in [3.05, 3.63) is 54.6 Å². The van der Waals surface area contributed by atoms with Crippen LogP contribution in [0.25, 0.3) is 11.6 Å². The molecule has 26 heavy (non-hydrogen) atoms. The van der Waals surface area contributed by atoms with E-state index in [1.54, 1.807) is 31.5 Å². The highest BCUT2D eigenvalue weighted by Crippen LogP contribution is 2.25. The summed E-state index contributed by atoms with van der Waals surface area (Å²) in [6.07, 6.45) is 2.07. The van der Waals surface area contributed by atoms with Gasteiger partial charge < -0.3 is 19.2 Å². The quantitative estimate of drug-likeness (QED) is 0.659. The molecule has 0 saturated carbocycles. The molecule has 8 heteroatoms. The number of ether oxygens (including phenoxy) is 2. The Kier molecular flexibility index (Phi) is 5.76. The summed E-state index contributed by atoms with van der Waals surface area (Å²) in [7, 11) is 1.55. The third-order valence-electron chi connectivity index (χ3n) is 3.44. The predicted octanol–water partition coefficient (Wildman–Crippen LogP) is 1.88. The van der Waals surface area contributed by atoms with Crippen LogP contribution in [0.4, 0.5) is 0 Å². The number of pyridine rings is 1. The second-order valence-corrected chi connectivity index (χ2v) is 5.26. The molecule has 0 spiro atoms. The first-order valence-corrected chi connectivity index (χ1v) is 8.02. The van der Waals surface area contributed by atoms with Crippen LogP contribution in [-0.4, -0.2) is 41.3 Å². The molecule has 3 rings (SSSR count). The lowest BCUT2D eigenvalue weighted by atomic mass is 10.3. The highest BCUT2D eigenvalue weighted by Gasteiger charge is 2.10. The fourth-order valence-electron chi connectivity index (χ4n) is 2.19. The number of benzene rings is 1. The van der Waals surface area contributed by atoms with Crippen LogP contribution in [0.5, 0.6) is 11.5 Å². The highest BCUT2D eigenvalue weighted by molar-refractivity contribution is 5.77. The standard InChI is InChI=1S/C18H18N4O4/c1-24-14-7-2-3-8-15(14)25-12-16(23)20-11-9-17-21-22-18(26-17)13-6-4-5-10-19-13/h2-8,10H,9,11-12H2,1H3,(H,20,23). The van der Waals surface area contributed by atoms with E-state index in [9.17, 15) is 4.79 Å². The van der Waals surface area contributed by atoms with Crippen LogP contribution >= 0.6 is 0 Å². The van der Waals surface area contributed by atoms with Crippen LogP contribution in [-0.2, 0) is 11.2 Å². The minimum Gasteiger partial charge on any atom is -0.493 e. The van der Waals surface area contributed by atoms with Crippen LogP contribution in [0.2, 0.25) is 0 Å². The maximum atomic E-state index is 11.9.